The third-order valence-electron chi connectivity index (χ3n) is 10.2. The summed E-state index contributed by atoms with van der Waals surface area (Å²) in [6.45, 7) is 5.79. The van der Waals surface area contributed by atoms with Crippen LogP contribution in [0.2, 0.25) is 5.02 Å². The maximum absolute atomic E-state index is 13.3. The summed E-state index contributed by atoms with van der Waals surface area (Å²) in [5, 5.41) is 0.146. The standard InChI is InChI=1S/C20H30ClFO.C20H30F2O/c2*1-2-3-4-6-16-8-10-17(11-9-16)7-5-14-23-18-12-13-19(21)20(22)15-18/h2*12-13,15-17H,2-11,14H2,1H3. The van der Waals surface area contributed by atoms with Crippen molar-refractivity contribution in [3.63, 3.8) is 0 Å². The second-order valence-electron chi connectivity index (χ2n) is 13.9. The highest BCUT2D eigenvalue weighted by Crippen LogP contribution is 2.35. The van der Waals surface area contributed by atoms with Gasteiger partial charge in [0.2, 0.25) is 0 Å². The second-order valence-corrected chi connectivity index (χ2v) is 14.3. The smallest absolute Gasteiger partial charge is 0.162 e. The topological polar surface area (TPSA) is 18.5 Å². The molecule has 6 heteroatoms. The van der Waals surface area contributed by atoms with E-state index in [1.165, 1.54) is 128 Å². The average molecular weight is 665 g/mol. The molecule has 0 amide bonds. The van der Waals surface area contributed by atoms with Gasteiger partial charge < -0.3 is 9.47 Å². The van der Waals surface area contributed by atoms with Crippen LogP contribution >= 0.6 is 11.6 Å². The normalized spacial score (nSPS) is 21.3. The van der Waals surface area contributed by atoms with Crippen LogP contribution in [0, 0.1) is 41.1 Å². The van der Waals surface area contributed by atoms with Crippen molar-refractivity contribution in [1.29, 1.82) is 0 Å². The first-order valence-corrected chi connectivity index (χ1v) is 18.9. The van der Waals surface area contributed by atoms with Gasteiger partial charge in [-0.15, -0.1) is 0 Å². The number of rotatable bonds is 18. The molecular formula is C40H60ClF3O2. The molecule has 2 saturated carbocycles. The van der Waals surface area contributed by atoms with Gasteiger partial charge in [-0.2, -0.15) is 0 Å². The Morgan fingerprint density at radius 2 is 0.913 bits per heavy atom. The Bertz CT molecular complexity index is 995. The summed E-state index contributed by atoms with van der Waals surface area (Å²) in [7, 11) is 0. The van der Waals surface area contributed by atoms with Crippen molar-refractivity contribution in [1.82, 2.24) is 0 Å². The van der Waals surface area contributed by atoms with Crippen molar-refractivity contribution >= 4 is 11.6 Å². The third-order valence-corrected chi connectivity index (χ3v) is 10.5. The minimum Gasteiger partial charge on any atom is -0.493 e. The Kier molecular flexibility index (Phi) is 19.0. The van der Waals surface area contributed by atoms with E-state index in [2.05, 4.69) is 13.8 Å². The van der Waals surface area contributed by atoms with Gasteiger partial charge in [0, 0.05) is 12.1 Å². The fourth-order valence-corrected chi connectivity index (χ4v) is 7.36. The molecule has 2 nitrogen and oxygen atoms in total. The zero-order valence-electron chi connectivity index (χ0n) is 28.7. The van der Waals surface area contributed by atoms with Crippen molar-refractivity contribution in [2.75, 3.05) is 13.2 Å². The lowest BCUT2D eigenvalue weighted by Crippen LogP contribution is -2.15. The Morgan fingerprint density at radius 3 is 1.30 bits per heavy atom. The van der Waals surface area contributed by atoms with Gasteiger partial charge in [0.15, 0.2) is 11.6 Å². The van der Waals surface area contributed by atoms with Crippen molar-refractivity contribution in [3.05, 3.63) is 58.9 Å². The summed E-state index contributed by atoms with van der Waals surface area (Å²) in [4.78, 5) is 0. The molecule has 0 aliphatic heterocycles. The van der Waals surface area contributed by atoms with E-state index in [9.17, 15) is 13.2 Å². The Labute approximate surface area is 283 Å². The van der Waals surface area contributed by atoms with Gasteiger partial charge in [0.05, 0.1) is 18.2 Å². The van der Waals surface area contributed by atoms with Gasteiger partial charge in [-0.1, -0.05) is 128 Å². The van der Waals surface area contributed by atoms with Crippen LogP contribution in [0.1, 0.15) is 142 Å². The highest BCUT2D eigenvalue weighted by atomic mass is 35.5. The third kappa shape index (κ3) is 15.3. The van der Waals surface area contributed by atoms with Gasteiger partial charge in [-0.3, -0.25) is 0 Å². The molecule has 46 heavy (non-hydrogen) atoms. The summed E-state index contributed by atoms with van der Waals surface area (Å²) in [5.74, 6) is 2.54. The molecule has 0 N–H and O–H groups in total. The van der Waals surface area contributed by atoms with E-state index in [1.54, 1.807) is 12.1 Å². The fourth-order valence-electron chi connectivity index (χ4n) is 7.24. The lowest BCUT2D eigenvalue weighted by Gasteiger charge is -2.28. The lowest BCUT2D eigenvalue weighted by atomic mass is 9.78. The van der Waals surface area contributed by atoms with Gasteiger partial charge in [-0.05, 0) is 73.6 Å². The zero-order chi connectivity index (χ0) is 33.0. The van der Waals surface area contributed by atoms with Crippen LogP contribution in [-0.2, 0) is 0 Å². The van der Waals surface area contributed by atoms with Gasteiger partial charge in [0.25, 0.3) is 0 Å². The highest BCUT2D eigenvalue weighted by Gasteiger charge is 2.21. The monoisotopic (exact) mass is 664 g/mol. The first-order valence-electron chi connectivity index (χ1n) is 18.5. The predicted molar refractivity (Wildman–Crippen MR) is 186 cm³/mol. The largest absolute Gasteiger partial charge is 0.493 e. The van der Waals surface area contributed by atoms with Crippen molar-refractivity contribution in [3.8, 4) is 11.5 Å². The summed E-state index contributed by atoms with van der Waals surface area (Å²) in [6, 6.07) is 8.37. The molecule has 2 aliphatic rings. The maximum atomic E-state index is 13.3. The van der Waals surface area contributed by atoms with E-state index in [-0.39, 0.29) is 5.02 Å². The molecule has 0 bridgehead atoms. The van der Waals surface area contributed by atoms with Gasteiger partial charge in [0.1, 0.15) is 17.3 Å². The van der Waals surface area contributed by atoms with Crippen LogP contribution in [0.4, 0.5) is 13.2 Å². The maximum Gasteiger partial charge on any atom is 0.162 e. The number of hydrogen-bond acceptors (Lipinski definition) is 2. The number of unbranched alkanes of at least 4 members (excludes halogenated alkanes) is 4. The molecule has 2 aliphatic carbocycles. The van der Waals surface area contributed by atoms with E-state index in [4.69, 9.17) is 21.1 Å². The van der Waals surface area contributed by atoms with E-state index < -0.39 is 17.5 Å². The van der Waals surface area contributed by atoms with Crippen LogP contribution in [0.15, 0.2) is 36.4 Å². The summed E-state index contributed by atoms with van der Waals surface area (Å²) < 4.78 is 50.3. The highest BCUT2D eigenvalue weighted by molar-refractivity contribution is 6.30. The van der Waals surface area contributed by atoms with Crippen LogP contribution < -0.4 is 9.47 Å². The number of ether oxygens (including phenoxy) is 2. The molecule has 260 valence electrons. The molecule has 0 heterocycles. The summed E-state index contributed by atoms with van der Waals surface area (Å²) in [6.07, 6.45) is 26.6. The van der Waals surface area contributed by atoms with E-state index in [0.29, 0.717) is 24.7 Å². The molecule has 0 radical (unpaired) electrons. The molecule has 2 aromatic rings. The molecule has 0 spiro atoms. The SMILES string of the molecule is CCCCCC1CCC(CCCOc2ccc(Cl)c(F)c2)CC1.CCCCCC1CCC(CCCOc2ccc(F)c(F)c2)CC1. The van der Waals surface area contributed by atoms with Crippen molar-refractivity contribution in [2.24, 2.45) is 23.7 Å². The van der Waals surface area contributed by atoms with Crippen LogP contribution in [0.25, 0.3) is 0 Å². The van der Waals surface area contributed by atoms with Gasteiger partial charge in [-0.25, -0.2) is 13.2 Å². The van der Waals surface area contributed by atoms with Crippen molar-refractivity contribution in [2.45, 2.75) is 142 Å². The first-order chi connectivity index (χ1) is 22.4. The molecule has 0 aromatic heterocycles. The second kappa shape index (κ2) is 22.6. The molecule has 2 fully saturated rings. The summed E-state index contributed by atoms with van der Waals surface area (Å²) >= 11 is 5.66. The molecule has 0 unspecified atom stereocenters. The molecule has 2 aromatic carbocycles. The first kappa shape index (κ1) is 38.6. The molecule has 0 atom stereocenters. The molecule has 0 saturated heterocycles. The Balaban J connectivity index is 0.000000250. The average Bonchev–Trinajstić information content (AvgIpc) is 3.06. The van der Waals surface area contributed by atoms with Gasteiger partial charge >= 0.3 is 0 Å². The predicted octanol–water partition coefficient (Wildman–Crippen LogP) is 13.5. The number of benzene rings is 2. The van der Waals surface area contributed by atoms with Crippen LogP contribution in [0.3, 0.4) is 0 Å². The Hall–Kier alpha value is -1.88. The van der Waals surface area contributed by atoms with Crippen LogP contribution in [0.5, 0.6) is 11.5 Å². The molecule has 4 rings (SSSR count). The zero-order valence-corrected chi connectivity index (χ0v) is 29.4. The minimum atomic E-state index is -0.844. The molecular weight excluding hydrogens is 605 g/mol. The Morgan fingerprint density at radius 1 is 0.522 bits per heavy atom. The number of halogens is 4. The number of hydrogen-bond donors (Lipinski definition) is 0. The minimum absolute atomic E-state index is 0.146. The quantitative estimate of drug-likeness (QED) is 0.148. The van der Waals surface area contributed by atoms with E-state index in [0.717, 1.165) is 48.6 Å². The lowest BCUT2D eigenvalue weighted by molar-refractivity contribution is 0.228. The van der Waals surface area contributed by atoms with Crippen LogP contribution in [-0.4, -0.2) is 13.2 Å². The van der Waals surface area contributed by atoms with E-state index in [1.807, 2.05) is 0 Å². The fraction of sp³-hybridized carbons (Fsp3) is 0.700. The summed E-state index contributed by atoms with van der Waals surface area (Å²) in [5.41, 5.74) is 0. The van der Waals surface area contributed by atoms with E-state index >= 15 is 0 Å². The van der Waals surface area contributed by atoms with Crippen molar-refractivity contribution < 1.29 is 22.6 Å².